The summed E-state index contributed by atoms with van der Waals surface area (Å²) >= 11 is 0. The SMILES string of the molecule is CC(=CCCC(=O)O)C(=O)O.[Hf]. The molecule has 66 valence electrons. The minimum Gasteiger partial charge on any atom is -0.481 e. The second-order valence-electron chi connectivity index (χ2n) is 2.12. The first-order valence-electron chi connectivity index (χ1n) is 3.16. The maximum absolute atomic E-state index is 10.2. The van der Waals surface area contributed by atoms with E-state index >= 15 is 0 Å². The van der Waals surface area contributed by atoms with E-state index in [1.807, 2.05) is 0 Å². The molecule has 0 unspecified atom stereocenters. The summed E-state index contributed by atoms with van der Waals surface area (Å²) in [5.41, 5.74) is 0.186. The van der Waals surface area contributed by atoms with Crippen LogP contribution in [0.5, 0.6) is 0 Å². The van der Waals surface area contributed by atoms with Crippen molar-refractivity contribution in [3.05, 3.63) is 11.6 Å². The Bertz CT molecular complexity index is 198. The van der Waals surface area contributed by atoms with Gasteiger partial charge in [0.2, 0.25) is 0 Å². The number of rotatable bonds is 4. The zero-order valence-electron chi connectivity index (χ0n) is 6.70. The number of carboxylic acid groups (broad SMARTS) is 2. The minimum absolute atomic E-state index is 0. The van der Waals surface area contributed by atoms with Gasteiger partial charge in [0.25, 0.3) is 0 Å². The molecular formula is C7H10HfO4. The molecule has 2 N–H and O–H groups in total. The van der Waals surface area contributed by atoms with Crippen LogP contribution in [-0.4, -0.2) is 22.2 Å². The van der Waals surface area contributed by atoms with Gasteiger partial charge in [-0.2, -0.15) is 0 Å². The molecule has 0 radical (unpaired) electrons. The molecule has 0 saturated heterocycles. The molecule has 0 saturated carbocycles. The molecule has 4 nitrogen and oxygen atoms in total. The summed E-state index contributed by atoms with van der Waals surface area (Å²) in [4.78, 5) is 20.1. The van der Waals surface area contributed by atoms with Crippen LogP contribution in [0.4, 0.5) is 0 Å². The van der Waals surface area contributed by atoms with E-state index in [1.165, 1.54) is 13.0 Å². The van der Waals surface area contributed by atoms with Gasteiger partial charge in [0.15, 0.2) is 0 Å². The van der Waals surface area contributed by atoms with Gasteiger partial charge in [0.1, 0.15) is 0 Å². The van der Waals surface area contributed by atoms with Crippen LogP contribution in [0.15, 0.2) is 11.6 Å². The number of allylic oxidation sites excluding steroid dienone is 1. The summed E-state index contributed by atoms with van der Waals surface area (Å²) in [6.07, 6.45) is 1.65. The Kier molecular flexibility index (Phi) is 8.47. The van der Waals surface area contributed by atoms with Crippen molar-refractivity contribution >= 4 is 11.9 Å². The summed E-state index contributed by atoms with van der Waals surface area (Å²) in [5.74, 6) is -1.92. The predicted octanol–water partition coefficient (Wildman–Crippen LogP) is 0.880. The van der Waals surface area contributed by atoms with Crippen LogP contribution in [0.1, 0.15) is 19.8 Å². The fourth-order valence-corrected chi connectivity index (χ4v) is 0.499. The van der Waals surface area contributed by atoms with Gasteiger partial charge in [-0.25, -0.2) is 4.79 Å². The Morgan fingerprint density at radius 1 is 1.33 bits per heavy atom. The molecule has 0 fully saturated rings. The Morgan fingerprint density at radius 2 is 1.83 bits per heavy atom. The largest absolute Gasteiger partial charge is 0.481 e. The van der Waals surface area contributed by atoms with Gasteiger partial charge in [-0.15, -0.1) is 0 Å². The van der Waals surface area contributed by atoms with Crippen molar-refractivity contribution in [1.29, 1.82) is 0 Å². The Labute approximate surface area is 89.1 Å². The Hall–Kier alpha value is -0.450. The van der Waals surface area contributed by atoms with E-state index in [-0.39, 0.29) is 44.3 Å². The molecule has 0 aromatic heterocycles. The van der Waals surface area contributed by atoms with Crippen LogP contribution in [0, 0.1) is 0 Å². The summed E-state index contributed by atoms with van der Waals surface area (Å²) < 4.78 is 0. The third-order valence-corrected chi connectivity index (χ3v) is 1.15. The van der Waals surface area contributed by atoms with Crippen LogP contribution >= 0.6 is 0 Å². The number of carboxylic acids is 2. The van der Waals surface area contributed by atoms with Crippen molar-refractivity contribution in [3.8, 4) is 0 Å². The molecule has 0 bridgehead atoms. The van der Waals surface area contributed by atoms with E-state index in [0.717, 1.165) is 0 Å². The van der Waals surface area contributed by atoms with Crippen LogP contribution in [0.3, 0.4) is 0 Å². The summed E-state index contributed by atoms with van der Waals surface area (Å²) in [6.45, 7) is 1.43. The predicted molar refractivity (Wildman–Crippen MR) is 38.3 cm³/mol. The van der Waals surface area contributed by atoms with E-state index in [1.54, 1.807) is 0 Å². The van der Waals surface area contributed by atoms with E-state index in [2.05, 4.69) is 0 Å². The molecule has 5 heteroatoms. The number of aliphatic carboxylic acids is 2. The molecule has 0 atom stereocenters. The minimum atomic E-state index is -1.00. The molecule has 0 aliphatic carbocycles. The van der Waals surface area contributed by atoms with Crippen LogP contribution < -0.4 is 0 Å². The van der Waals surface area contributed by atoms with Gasteiger partial charge >= 0.3 is 11.9 Å². The molecule has 0 heterocycles. The second-order valence-corrected chi connectivity index (χ2v) is 2.12. The fourth-order valence-electron chi connectivity index (χ4n) is 0.499. The van der Waals surface area contributed by atoms with Crippen molar-refractivity contribution in [2.45, 2.75) is 19.8 Å². The molecule has 0 aliphatic rings. The van der Waals surface area contributed by atoms with Gasteiger partial charge in [-0.1, -0.05) is 6.08 Å². The van der Waals surface area contributed by atoms with Crippen molar-refractivity contribution in [2.75, 3.05) is 0 Å². The number of hydrogen-bond donors (Lipinski definition) is 2. The van der Waals surface area contributed by atoms with Crippen molar-refractivity contribution in [3.63, 3.8) is 0 Å². The molecule has 0 aliphatic heterocycles. The quantitative estimate of drug-likeness (QED) is 0.590. The van der Waals surface area contributed by atoms with Crippen LogP contribution in [0.25, 0.3) is 0 Å². The van der Waals surface area contributed by atoms with Crippen LogP contribution in [-0.2, 0) is 35.4 Å². The van der Waals surface area contributed by atoms with E-state index in [4.69, 9.17) is 10.2 Å². The Morgan fingerprint density at radius 3 is 2.17 bits per heavy atom. The second kappa shape index (κ2) is 7.21. The first kappa shape index (κ1) is 14.1. The van der Waals surface area contributed by atoms with E-state index in [0.29, 0.717) is 0 Å². The van der Waals surface area contributed by atoms with Crippen molar-refractivity contribution < 1.29 is 45.6 Å². The zero-order valence-corrected chi connectivity index (χ0v) is 10.3. The molecular weight excluding hydrogens is 327 g/mol. The molecule has 12 heavy (non-hydrogen) atoms. The first-order chi connectivity index (χ1) is 5.04. The monoisotopic (exact) mass is 338 g/mol. The third kappa shape index (κ3) is 7.65. The van der Waals surface area contributed by atoms with Gasteiger partial charge in [0, 0.05) is 37.8 Å². The normalized spacial score (nSPS) is 10.2. The first-order valence-corrected chi connectivity index (χ1v) is 3.16. The van der Waals surface area contributed by atoms with Crippen LogP contribution in [0.2, 0.25) is 0 Å². The maximum Gasteiger partial charge on any atom is 0.330 e. The van der Waals surface area contributed by atoms with Gasteiger partial charge in [-0.05, 0) is 13.3 Å². The zero-order chi connectivity index (χ0) is 8.85. The van der Waals surface area contributed by atoms with E-state index in [9.17, 15) is 9.59 Å². The Balaban J connectivity index is 0. The van der Waals surface area contributed by atoms with Gasteiger partial charge in [0.05, 0.1) is 0 Å². The van der Waals surface area contributed by atoms with E-state index < -0.39 is 11.9 Å². The van der Waals surface area contributed by atoms with Gasteiger partial charge < -0.3 is 10.2 Å². The summed E-state index contributed by atoms with van der Waals surface area (Å²) in [7, 11) is 0. The maximum atomic E-state index is 10.2. The molecule has 0 aromatic carbocycles. The van der Waals surface area contributed by atoms with Crippen molar-refractivity contribution in [1.82, 2.24) is 0 Å². The molecule has 0 rings (SSSR count). The molecule has 0 aromatic rings. The number of hydrogen-bond acceptors (Lipinski definition) is 2. The fraction of sp³-hybridized carbons (Fsp3) is 0.429. The summed E-state index contributed by atoms with van der Waals surface area (Å²) in [6, 6.07) is 0. The molecule has 0 spiro atoms. The third-order valence-electron chi connectivity index (χ3n) is 1.15. The standard InChI is InChI=1S/C7H10O4.Hf/c1-5(7(10)11)3-2-4-6(8)9;/h3H,2,4H2,1H3,(H,8,9)(H,10,11);. The average Bonchev–Trinajstić information content (AvgIpc) is 1.86. The smallest absolute Gasteiger partial charge is 0.330 e. The summed E-state index contributed by atoms with van der Waals surface area (Å²) in [5, 5.41) is 16.5. The average molecular weight is 337 g/mol. The van der Waals surface area contributed by atoms with Crippen molar-refractivity contribution in [2.24, 2.45) is 0 Å². The number of carbonyl (C=O) groups is 2. The topological polar surface area (TPSA) is 74.6 Å². The van der Waals surface area contributed by atoms with Gasteiger partial charge in [-0.3, -0.25) is 4.79 Å². The molecule has 0 amide bonds.